The highest BCUT2D eigenvalue weighted by atomic mass is 16.5. The second kappa shape index (κ2) is 9.12. The molecule has 1 saturated carbocycles. The zero-order valence-corrected chi connectivity index (χ0v) is 11.8. The third kappa shape index (κ3) is 6.18. The molecule has 1 rings (SSSR count). The first kappa shape index (κ1) is 15.2. The first-order valence-corrected chi connectivity index (χ1v) is 7.06. The SMILES string of the molecule is C\C=C/C=C\C=C(/C)CCO[C@@H]1CCCC[C@H]1N. The van der Waals surface area contributed by atoms with E-state index in [4.69, 9.17) is 10.5 Å². The minimum Gasteiger partial charge on any atom is -0.376 e. The van der Waals surface area contributed by atoms with Gasteiger partial charge >= 0.3 is 0 Å². The summed E-state index contributed by atoms with van der Waals surface area (Å²) in [5.41, 5.74) is 7.40. The van der Waals surface area contributed by atoms with Crippen molar-refractivity contribution in [1.82, 2.24) is 0 Å². The molecular formula is C16H27NO. The van der Waals surface area contributed by atoms with Crippen LogP contribution in [-0.4, -0.2) is 18.8 Å². The lowest BCUT2D eigenvalue weighted by Gasteiger charge is -2.28. The average Bonchev–Trinajstić information content (AvgIpc) is 2.37. The van der Waals surface area contributed by atoms with Crippen LogP contribution in [0, 0.1) is 0 Å². The summed E-state index contributed by atoms with van der Waals surface area (Å²) >= 11 is 0. The Bertz CT molecular complexity index is 304. The van der Waals surface area contributed by atoms with Crippen molar-refractivity contribution < 1.29 is 4.74 Å². The molecule has 0 aromatic carbocycles. The second-order valence-corrected chi connectivity index (χ2v) is 5.03. The summed E-state index contributed by atoms with van der Waals surface area (Å²) in [7, 11) is 0. The van der Waals surface area contributed by atoms with Crippen LogP contribution in [-0.2, 0) is 4.74 Å². The standard InChI is InChI=1S/C16H27NO/c1-3-4-5-6-9-14(2)12-13-18-16-11-8-7-10-15(16)17/h3-6,9,15-16H,7-8,10-13,17H2,1-2H3/b4-3-,6-5-,14-9+/t15-,16-/m1/s1. The van der Waals surface area contributed by atoms with Crippen LogP contribution in [0.5, 0.6) is 0 Å². The molecule has 0 aromatic heterocycles. The fourth-order valence-corrected chi connectivity index (χ4v) is 2.18. The summed E-state index contributed by atoms with van der Waals surface area (Å²) in [6, 6.07) is 0.248. The Morgan fingerprint density at radius 3 is 2.72 bits per heavy atom. The van der Waals surface area contributed by atoms with Gasteiger partial charge in [-0.3, -0.25) is 0 Å². The van der Waals surface area contributed by atoms with Crippen molar-refractivity contribution in [3.63, 3.8) is 0 Å². The monoisotopic (exact) mass is 249 g/mol. The van der Waals surface area contributed by atoms with E-state index >= 15 is 0 Å². The van der Waals surface area contributed by atoms with Gasteiger partial charge in [0.2, 0.25) is 0 Å². The lowest BCUT2D eigenvalue weighted by Crippen LogP contribution is -2.39. The molecule has 0 aromatic rings. The van der Waals surface area contributed by atoms with Crippen LogP contribution in [0.15, 0.2) is 36.0 Å². The van der Waals surface area contributed by atoms with Gasteiger partial charge in [-0.25, -0.2) is 0 Å². The normalized spacial score (nSPS) is 26.3. The molecule has 0 saturated heterocycles. The zero-order valence-electron chi connectivity index (χ0n) is 11.8. The molecule has 1 aliphatic rings. The fraction of sp³-hybridized carbons (Fsp3) is 0.625. The highest BCUT2D eigenvalue weighted by Gasteiger charge is 2.21. The third-order valence-corrected chi connectivity index (χ3v) is 3.38. The maximum atomic E-state index is 6.05. The average molecular weight is 249 g/mol. The molecule has 0 heterocycles. The molecule has 0 radical (unpaired) electrons. The Hall–Kier alpha value is -0.860. The van der Waals surface area contributed by atoms with Crippen molar-refractivity contribution in [3.8, 4) is 0 Å². The van der Waals surface area contributed by atoms with E-state index < -0.39 is 0 Å². The van der Waals surface area contributed by atoms with Gasteiger partial charge < -0.3 is 10.5 Å². The second-order valence-electron chi connectivity index (χ2n) is 5.03. The molecule has 18 heavy (non-hydrogen) atoms. The molecule has 0 spiro atoms. The molecule has 1 aliphatic carbocycles. The van der Waals surface area contributed by atoms with Gasteiger partial charge in [0.05, 0.1) is 12.7 Å². The van der Waals surface area contributed by atoms with Gasteiger partial charge in [0, 0.05) is 6.04 Å². The number of nitrogens with two attached hydrogens (primary N) is 1. The predicted molar refractivity (Wildman–Crippen MR) is 78.5 cm³/mol. The highest BCUT2D eigenvalue weighted by Crippen LogP contribution is 2.20. The molecule has 2 nitrogen and oxygen atoms in total. The van der Waals surface area contributed by atoms with Gasteiger partial charge in [0.1, 0.15) is 0 Å². The molecule has 1 fully saturated rings. The van der Waals surface area contributed by atoms with Crippen molar-refractivity contribution in [2.24, 2.45) is 5.73 Å². The molecule has 2 heteroatoms. The molecular weight excluding hydrogens is 222 g/mol. The minimum absolute atomic E-state index is 0.248. The van der Waals surface area contributed by atoms with Gasteiger partial charge in [-0.05, 0) is 33.1 Å². The topological polar surface area (TPSA) is 35.2 Å². The van der Waals surface area contributed by atoms with Crippen molar-refractivity contribution in [2.45, 2.75) is 58.1 Å². The van der Waals surface area contributed by atoms with Crippen molar-refractivity contribution in [3.05, 3.63) is 36.0 Å². The van der Waals surface area contributed by atoms with Crippen LogP contribution >= 0.6 is 0 Å². The lowest BCUT2D eigenvalue weighted by atomic mass is 9.93. The number of rotatable bonds is 6. The molecule has 2 atom stereocenters. The van der Waals surface area contributed by atoms with E-state index in [1.54, 1.807) is 0 Å². The van der Waals surface area contributed by atoms with E-state index in [1.807, 2.05) is 25.2 Å². The van der Waals surface area contributed by atoms with E-state index in [0.29, 0.717) is 0 Å². The molecule has 0 amide bonds. The van der Waals surface area contributed by atoms with Crippen molar-refractivity contribution in [1.29, 1.82) is 0 Å². The number of allylic oxidation sites excluding steroid dienone is 5. The van der Waals surface area contributed by atoms with Gasteiger partial charge in [0.25, 0.3) is 0 Å². The highest BCUT2D eigenvalue weighted by molar-refractivity contribution is 5.15. The Kier molecular flexibility index (Phi) is 7.70. The molecule has 0 aliphatic heterocycles. The first-order valence-electron chi connectivity index (χ1n) is 7.06. The number of ether oxygens (including phenoxy) is 1. The van der Waals surface area contributed by atoms with Gasteiger partial charge in [-0.15, -0.1) is 0 Å². The number of hydrogen-bond donors (Lipinski definition) is 1. The molecule has 0 unspecified atom stereocenters. The van der Waals surface area contributed by atoms with Crippen LogP contribution in [0.4, 0.5) is 0 Å². The summed E-state index contributed by atoms with van der Waals surface area (Å²) in [5.74, 6) is 0. The van der Waals surface area contributed by atoms with Crippen LogP contribution in [0.25, 0.3) is 0 Å². The van der Waals surface area contributed by atoms with Gasteiger partial charge in [0.15, 0.2) is 0 Å². The first-order chi connectivity index (χ1) is 8.74. The smallest absolute Gasteiger partial charge is 0.0726 e. The largest absolute Gasteiger partial charge is 0.376 e. The fourth-order valence-electron chi connectivity index (χ4n) is 2.18. The van der Waals surface area contributed by atoms with Crippen LogP contribution in [0.1, 0.15) is 46.0 Å². The van der Waals surface area contributed by atoms with E-state index in [-0.39, 0.29) is 12.1 Å². The summed E-state index contributed by atoms with van der Waals surface area (Å²) < 4.78 is 5.89. The summed E-state index contributed by atoms with van der Waals surface area (Å²) in [4.78, 5) is 0. The predicted octanol–water partition coefficient (Wildman–Crippen LogP) is 3.74. The Balaban J connectivity index is 2.20. The quantitative estimate of drug-likeness (QED) is 0.728. The van der Waals surface area contributed by atoms with Gasteiger partial charge in [-0.2, -0.15) is 0 Å². The van der Waals surface area contributed by atoms with E-state index in [1.165, 1.54) is 18.4 Å². The van der Waals surface area contributed by atoms with Crippen LogP contribution in [0.2, 0.25) is 0 Å². The summed E-state index contributed by atoms with van der Waals surface area (Å²) in [5, 5.41) is 0. The van der Waals surface area contributed by atoms with Crippen LogP contribution in [0.3, 0.4) is 0 Å². The molecule has 2 N–H and O–H groups in total. The Morgan fingerprint density at radius 1 is 1.22 bits per heavy atom. The summed E-state index contributed by atoms with van der Waals surface area (Å²) in [6.07, 6.45) is 16.3. The van der Waals surface area contributed by atoms with E-state index in [2.05, 4.69) is 19.1 Å². The Labute approximate surface area is 112 Å². The van der Waals surface area contributed by atoms with Gasteiger partial charge in [-0.1, -0.05) is 48.8 Å². The minimum atomic E-state index is 0.248. The van der Waals surface area contributed by atoms with Crippen molar-refractivity contribution >= 4 is 0 Å². The maximum absolute atomic E-state index is 6.05. The third-order valence-electron chi connectivity index (χ3n) is 3.38. The van der Waals surface area contributed by atoms with E-state index in [9.17, 15) is 0 Å². The van der Waals surface area contributed by atoms with Crippen LogP contribution < -0.4 is 5.73 Å². The van der Waals surface area contributed by atoms with E-state index in [0.717, 1.165) is 25.9 Å². The Morgan fingerprint density at radius 2 is 2.00 bits per heavy atom. The molecule has 102 valence electrons. The lowest BCUT2D eigenvalue weighted by molar-refractivity contribution is 0.0169. The number of hydrogen-bond acceptors (Lipinski definition) is 2. The zero-order chi connectivity index (χ0) is 13.2. The maximum Gasteiger partial charge on any atom is 0.0726 e. The molecule has 0 bridgehead atoms. The summed E-state index contributed by atoms with van der Waals surface area (Å²) in [6.45, 7) is 4.95. The van der Waals surface area contributed by atoms with Crippen molar-refractivity contribution in [2.75, 3.05) is 6.61 Å².